The molecule has 1 aromatic rings. The molecule has 0 saturated carbocycles. The molecule has 0 bridgehead atoms. The normalized spacial score (nSPS) is 11.4. The minimum absolute atomic E-state index is 0.656. The van der Waals surface area contributed by atoms with E-state index in [1.54, 1.807) is 17.4 Å². The fraction of sp³-hybridized carbons (Fsp3) is 0.364. The van der Waals surface area contributed by atoms with Gasteiger partial charge in [-0.2, -0.15) is 0 Å². The first-order chi connectivity index (χ1) is 7.08. The third-order valence-electron chi connectivity index (χ3n) is 1.90. The fourth-order valence-electron chi connectivity index (χ4n) is 1.23. The Morgan fingerprint density at radius 3 is 2.87 bits per heavy atom. The molecule has 4 heteroatoms. The minimum atomic E-state index is -0.893. The summed E-state index contributed by atoms with van der Waals surface area (Å²) >= 11 is 1.77. The van der Waals surface area contributed by atoms with Crippen molar-refractivity contribution in [3.8, 4) is 0 Å². The van der Waals surface area contributed by atoms with Crippen LogP contribution in [0.25, 0.3) is 0 Å². The lowest BCUT2D eigenvalue weighted by molar-refractivity contribution is -0.131. The van der Waals surface area contributed by atoms with Gasteiger partial charge in [0.2, 0.25) is 0 Å². The van der Waals surface area contributed by atoms with Crippen LogP contribution in [-0.2, 0) is 11.3 Å². The van der Waals surface area contributed by atoms with Crippen LogP contribution in [0.5, 0.6) is 0 Å². The van der Waals surface area contributed by atoms with Gasteiger partial charge < -0.3 is 5.11 Å². The number of carboxylic acids is 1. The van der Waals surface area contributed by atoms with Crippen LogP contribution in [0.4, 0.5) is 0 Å². The predicted octanol–water partition coefficient (Wildman–Crippen LogP) is 2.13. The predicted molar refractivity (Wildman–Crippen MR) is 62.2 cm³/mol. The van der Waals surface area contributed by atoms with Crippen molar-refractivity contribution < 1.29 is 9.90 Å². The minimum Gasteiger partial charge on any atom is -0.478 e. The number of hydrogen-bond acceptors (Lipinski definition) is 3. The molecule has 0 amide bonds. The molecular formula is C11H15NO2S. The summed E-state index contributed by atoms with van der Waals surface area (Å²) < 4.78 is 0. The van der Waals surface area contributed by atoms with Crippen LogP contribution in [-0.4, -0.2) is 29.6 Å². The molecule has 0 spiro atoms. The molecule has 0 aliphatic heterocycles. The molecule has 1 aromatic heterocycles. The fourth-order valence-corrected chi connectivity index (χ4v) is 2.20. The van der Waals surface area contributed by atoms with Crippen molar-refractivity contribution in [2.24, 2.45) is 0 Å². The molecule has 0 aromatic carbocycles. The maximum Gasteiger partial charge on any atom is 0.328 e. The van der Waals surface area contributed by atoms with E-state index in [0.29, 0.717) is 6.54 Å². The zero-order valence-electron chi connectivity index (χ0n) is 8.93. The molecule has 0 unspecified atom stereocenters. The standard InChI is InChI=1S/C11H15NO2S/c1-9-5-6-10(15-9)8-12(2)7-3-4-11(13)14/h3-6H,7-8H2,1-2H3,(H,13,14)/b4-3+. The molecule has 0 fully saturated rings. The molecule has 3 nitrogen and oxygen atoms in total. The Bertz CT molecular complexity index is 357. The Balaban J connectivity index is 2.36. The van der Waals surface area contributed by atoms with Gasteiger partial charge in [-0.25, -0.2) is 4.79 Å². The van der Waals surface area contributed by atoms with Gasteiger partial charge in [-0.1, -0.05) is 6.08 Å². The van der Waals surface area contributed by atoms with Crippen molar-refractivity contribution in [3.63, 3.8) is 0 Å². The molecule has 1 rings (SSSR count). The zero-order valence-corrected chi connectivity index (χ0v) is 9.75. The average molecular weight is 225 g/mol. The van der Waals surface area contributed by atoms with Crippen molar-refractivity contribution in [2.45, 2.75) is 13.5 Å². The highest BCUT2D eigenvalue weighted by atomic mass is 32.1. The van der Waals surface area contributed by atoms with Gasteiger partial charge in [-0.15, -0.1) is 11.3 Å². The lowest BCUT2D eigenvalue weighted by Crippen LogP contribution is -2.17. The van der Waals surface area contributed by atoms with Crippen LogP contribution < -0.4 is 0 Å². The molecule has 1 heterocycles. The molecule has 1 N–H and O–H groups in total. The highest BCUT2D eigenvalue weighted by molar-refractivity contribution is 7.11. The Labute approximate surface area is 93.7 Å². The molecule has 82 valence electrons. The molecule has 0 aliphatic rings. The van der Waals surface area contributed by atoms with Crippen LogP contribution in [0.1, 0.15) is 9.75 Å². The molecule has 15 heavy (non-hydrogen) atoms. The van der Waals surface area contributed by atoms with Crippen LogP contribution in [0.2, 0.25) is 0 Å². The Morgan fingerprint density at radius 2 is 2.33 bits per heavy atom. The molecular weight excluding hydrogens is 210 g/mol. The van der Waals surface area contributed by atoms with Gasteiger partial charge in [0.15, 0.2) is 0 Å². The maximum atomic E-state index is 10.2. The van der Waals surface area contributed by atoms with Gasteiger partial charge in [-0.3, -0.25) is 4.90 Å². The summed E-state index contributed by atoms with van der Waals surface area (Å²) in [7, 11) is 1.97. The summed E-state index contributed by atoms with van der Waals surface area (Å²) in [6.45, 7) is 3.60. The highest BCUT2D eigenvalue weighted by Gasteiger charge is 2.00. The molecule has 0 atom stereocenters. The average Bonchev–Trinajstić information content (AvgIpc) is 2.50. The van der Waals surface area contributed by atoms with Gasteiger partial charge in [0, 0.05) is 28.9 Å². The summed E-state index contributed by atoms with van der Waals surface area (Å²) in [5, 5.41) is 8.42. The number of hydrogen-bond donors (Lipinski definition) is 1. The van der Waals surface area contributed by atoms with E-state index in [4.69, 9.17) is 5.11 Å². The second kappa shape index (κ2) is 5.68. The van der Waals surface area contributed by atoms with E-state index in [-0.39, 0.29) is 0 Å². The number of aryl methyl sites for hydroxylation is 1. The largest absolute Gasteiger partial charge is 0.478 e. The van der Waals surface area contributed by atoms with Crippen molar-refractivity contribution in [1.82, 2.24) is 4.90 Å². The number of carboxylic acid groups (broad SMARTS) is 1. The second-order valence-electron chi connectivity index (χ2n) is 3.45. The van der Waals surface area contributed by atoms with E-state index >= 15 is 0 Å². The maximum absolute atomic E-state index is 10.2. The van der Waals surface area contributed by atoms with E-state index in [2.05, 4.69) is 24.0 Å². The number of likely N-dealkylation sites (N-methyl/N-ethyl adjacent to an activating group) is 1. The van der Waals surface area contributed by atoms with Gasteiger partial charge in [0.25, 0.3) is 0 Å². The van der Waals surface area contributed by atoms with Gasteiger partial charge in [-0.05, 0) is 26.1 Å². The van der Waals surface area contributed by atoms with E-state index < -0.39 is 5.97 Å². The summed E-state index contributed by atoms with van der Waals surface area (Å²) in [6.07, 6.45) is 2.83. The third-order valence-corrected chi connectivity index (χ3v) is 2.88. The SMILES string of the molecule is Cc1ccc(CN(C)C/C=C/C(=O)O)s1. The van der Waals surface area contributed by atoms with Crippen molar-refractivity contribution >= 4 is 17.3 Å². The summed E-state index contributed by atoms with van der Waals surface area (Å²) in [5.74, 6) is -0.893. The summed E-state index contributed by atoms with van der Waals surface area (Å²) in [6, 6.07) is 4.21. The lowest BCUT2D eigenvalue weighted by atomic mass is 10.4. The summed E-state index contributed by atoms with van der Waals surface area (Å²) in [5.41, 5.74) is 0. The van der Waals surface area contributed by atoms with Gasteiger partial charge in [0.1, 0.15) is 0 Å². The zero-order chi connectivity index (χ0) is 11.3. The Kier molecular flexibility index (Phi) is 4.52. The van der Waals surface area contributed by atoms with Gasteiger partial charge in [0.05, 0.1) is 0 Å². The van der Waals surface area contributed by atoms with E-state index in [9.17, 15) is 4.79 Å². The summed E-state index contributed by atoms with van der Waals surface area (Å²) in [4.78, 5) is 14.9. The van der Waals surface area contributed by atoms with E-state index in [0.717, 1.165) is 6.54 Å². The quantitative estimate of drug-likeness (QED) is 0.780. The smallest absolute Gasteiger partial charge is 0.328 e. The van der Waals surface area contributed by atoms with Crippen LogP contribution >= 0.6 is 11.3 Å². The Hall–Kier alpha value is -1.13. The first-order valence-electron chi connectivity index (χ1n) is 4.71. The van der Waals surface area contributed by atoms with Crippen LogP contribution in [0, 0.1) is 6.92 Å². The van der Waals surface area contributed by atoms with Crippen molar-refractivity contribution in [3.05, 3.63) is 34.0 Å². The number of thiophene rings is 1. The first-order valence-corrected chi connectivity index (χ1v) is 5.53. The molecule has 0 saturated heterocycles. The van der Waals surface area contributed by atoms with Crippen molar-refractivity contribution in [1.29, 1.82) is 0 Å². The molecule has 0 radical (unpaired) electrons. The Morgan fingerprint density at radius 1 is 1.60 bits per heavy atom. The molecule has 0 aliphatic carbocycles. The highest BCUT2D eigenvalue weighted by Crippen LogP contribution is 2.16. The first kappa shape index (κ1) is 11.9. The van der Waals surface area contributed by atoms with E-state index in [1.807, 2.05) is 7.05 Å². The number of aliphatic carboxylic acids is 1. The monoisotopic (exact) mass is 225 g/mol. The third kappa shape index (κ3) is 4.76. The lowest BCUT2D eigenvalue weighted by Gasteiger charge is -2.12. The van der Waals surface area contributed by atoms with Crippen molar-refractivity contribution in [2.75, 3.05) is 13.6 Å². The van der Waals surface area contributed by atoms with Crippen LogP contribution in [0.15, 0.2) is 24.3 Å². The second-order valence-corrected chi connectivity index (χ2v) is 4.82. The number of nitrogens with zero attached hydrogens (tertiary/aromatic N) is 1. The number of rotatable bonds is 5. The topological polar surface area (TPSA) is 40.5 Å². The van der Waals surface area contributed by atoms with E-state index in [1.165, 1.54) is 15.8 Å². The van der Waals surface area contributed by atoms with Crippen LogP contribution in [0.3, 0.4) is 0 Å². The number of carbonyl (C=O) groups is 1. The van der Waals surface area contributed by atoms with Gasteiger partial charge >= 0.3 is 5.97 Å².